The Balaban J connectivity index is 1.15. The van der Waals surface area contributed by atoms with Gasteiger partial charge in [-0.3, -0.25) is 29.0 Å². The maximum Gasteiger partial charge on any atom is 0.261 e. The van der Waals surface area contributed by atoms with Gasteiger partial charge in [0.25, 0.3) is 23.6 Å². The fraction of sp³-hybridized carbons (Fsp3) is 0.357. The summed E-state index contributed by atoms with van der Waals surface area (Å²) < 4.78 is 0. The van der Waals surface area contributed by atoms with E-state index in [-0.39, 0.29) is 34.5 Å². The number of nitrogens with zero attached hydrogens (tertiary/aromatic N) is 2. The van der Waals surface area contributed by atoms with E-state index >= 15 is 0 Å². The highest BCUT2D eigenvalue weighted by atomic mass is 16.2. The lowest BCUT2D eigenvalue weighted by molar-refractivity contribution is 0.0543. The van der Waals surface area contributed by atoms with Gasteiger partial charge in [-0.25, -0.2) is 0 Å². The summed E-state index contributed by atoms with van der Waals surface area (Å²) in [6.07, 6.45) is 11.7. The molecule has 0 N–H and O–H groups in total. The molecule has 4 amide bonds. The smallest absolute Gasteiger partial charge is 0.261 e. The molecule has 0 aromatic heterocycles. The van der Waals surface area contributed by atoms with Crippen molar-refractivity contribution in [2.24, 2.45) is 0 Å². The Kier molecular flexibility index (Phi) is 11.2. The second-order valence-electron chi connectivity index (χ2n) is 18.2. The van der Waals surface area contributed by atoms with E-state index in [1.165, 1.54) is 20.9 Å². The highest BCUT2D eigenvalue weighted by Crippen LogP contribution is 2.48. The first-order valence-electron chi connectivity index (χ1n) is 23.3. The normalized spacial score (nSPS) is 14.5. The third-order valence-corrected chi connectivity index (χ3v) is 14.5. The van der Waals surface area contributed by atoms with E-state index in [0.717, 1.165) is 109 Å². The predicted molar refractivity (Wildman–Crippen MR) is 253 cm³/mol. The maximum atomic E-state index is 14.8. The van der Waals surface area contributed by atoms with Gasteiger partial charge in [-0.2, -0.15) is 0 Å². The first-order chi connectivity index (χ1) is 30.2. The molecule has 2 aliphatic heterocycles. The average molecular weight is 823 g/mol. The van der Waals surface area contributed by atoms with E-state index in [4.69, 9.17) is 0 Å². The molecule has 0 bridgehead atoms. The van der Waals surface area contributed by atoms with Crippen LogP contribution in [0.15, 0.2) is 109 Å². The van der Waals surface area contributed by atoms with Gasteiger partial charge in [-0.05, 0) is 93.4 Å². The molecule has 0 spiro atoms. The molecule has 6 nitrogen and oxygen atoms in total. The van der Waals surface area contributed by atoms with Crippen LogP contribution in [0, 0.1) is 0 Å². The number of carbonyl (C=O) groups excluding carboxylic acids is 4. The molecule has 7 aromatic carbocycles. The maximum absolute atomic E-state index is 14.8. The Morgan fingerprint density at radius 3 is 0.887 bits per heavy atom. The van der Waals surface area contributed by atoms with Gasteiger partial charge in [0.1, 0.15) is 0 Å². The number of carbonyl (C=O) groups is 4. The molecule has 0 fully saturated rings. The van der Waals surface area contributed by atoms with E-state index in [9.17, 15) is 19.2 Å². The van der Waals surface area contributed by atoms with E-state index in [1.807, 2.05) is 60.7 Å². The summed E-state index contributed by atoms with van der Waals surface area (Å²) in [5, 5.41) is 6.73. The van der Waals surface area contributed by atoms with Gasteiger partial charge in [0.05, 0.1) is 0 Å². The molecule has 0 radical (unpaired) electrons. The molecule has 0 unspecified atom stereocenters. The summed E-state index contributed by atoms with van der Waals surface area (Å²) in [6, 6.07) is 36.6. The van der Waals surface area contributed by atoms with Crippen molar-refractivity contribution in [3.8, 4) is 0 Å². The van der Waals surface area contributed by atoms with Gasteiger partial charge in [-0.15, -0.1) is 0 Å². The van der Waals surface area contributed by atoms with Crippen LogP contribution < -0.4 is 0 Å². The summed E-state index contributed by atoms with van der Waals surface area (Å²) in [5.41, 5.74) is 3.81. The zero-order chi connectivity index (χ0) is 43.2. The van der Waals surface area contributed by atoms with Crippen molar-refractivity contribution in [1.82, 2.24) is 9.80 Å². The number of amides is 4. The minimum absolute atomic E-state index is 0.253. The van der Waals surface area contributed by atoms with E-state index in [0.29, 0.717) is 46.1 Å². The molecular formula is C56H58N2O4. The summed E-state index contributed by atoms with van der Waals surface area (Å²) in [5.74, 6) is -1.01. The molecule has 7 aromatic rings. The fourth-order valence-electron chi connectivity index (χ4n) is 11.2. The van der Waals surface area contributed by atoms with Crippen molar-refractivity contribution >= 4 is 66.7 Å². The van der Waals surface area contributed by atoms with Crippen molar-refractivity contribution in [1.29, 1.82) is 0 Å². The first kappa shape index (κ1) is 41.5. The third-order valence-electron chi connectivity index (χ3n) is 14.5. The molecule has 0 saturated carbocycles. The summed E-state index contributed by atoms with van der Waals surface area (Å²) in [7, 11) is 0. The van der Waals surface area contributed by atoms with Crippen molar-refractivity contribution in [2.75, 3.05) is 13.1 Å². The van der Waals surface area contributed by atoms with Gasteiger partial charge < -0.3 is 0 Å². The van der Waals surface area contributed by atoms with E-state index in [1.54, 1.807) is 0 Å². The predicted octanol–water partition coefficient (Wildman–Crippen LogP) is 13.6. The fourth-order valence-corrected chi connectivity index (χ4v) is 11.2. The molecule has 62 heavy (non-hydrogen) atoms. The zero-order valence-electron chi connectivity index (χ0n) is 36.8. The van der Waals surface area contributed by atoms with Crippen LogP contribution in [0.4, 0.5) is 0 Å². The van der Waals surface area contributed by atoms with Crippen LogP contribution in [0.3, 0.4) is 0 Å². The van der Waals surface area contributed by atoms with Crippen LogP contribution in [0.5, 0.6) is 0 Å². The largest absolute Gasteiger partial charge is 0.273 e. The Morgan fingerprint density at radius 2 is 0.629 bits per heavy atom. The van der Waals surface area contributed by atoms with Crippen molar-refractivity contribution in [3.05, 3.63) is 143 Å². The molecule has 0 atom stereocenters. The Hall–Kier alpha value is -5.88. The van der Waals surface area contributed by atoms with Gasteiger partial charge in [-0.1, -0.05) is 164 Å². The van der Waals surface area contributed by atoms with Gasteiger partial charge in [0, 0.05) is 56.9 Å². The zero-order valence-corrected chi connectivity index (χ0v) is 36.8. The average Bonchev–Trinajstić information content (AvgIpc) is 3.31. The monoisotopic (exact) mass is 822 g/mol. The van der Waals surface area contributed by atoms with Crippen molar-refractivity contribution in [2.45, 2.75) is 116 Å². The van der Waals surface area contributed by atoms with Crippen LogP contribution in [0.2, 0.25) is 0 Å². The van der Waals surface area contributed by atoms with E-state index in [2.05, 4.69) is 76.2 Å². The summed E-state index contributed by atoms with van der Waals surface area (Å²) in [4.78, 5) is 62.3. The van der Waals surface area contributed by atoms with Crippen molar-refractivity contribution in [3.63, 3.8) is 0 Å². The van der Waals surface area contributed by atoms with Crippen molar-refractivity contribution < 1.29 is 19.2 Å². The molecule has 9 rings (SSSR count). The molecule has 2 aliphatic rings. The van der Waals surface area contributed by atoms with Crippen LogP contribution in [-0.2, 0) is 10.8 Å². The topological polar surface area (TPSA) is 74.8 Å². The first-order valence-corrected chi connectivity index (χ1v) is 23.3. The number of imide groups is 2. The second-order valence-corrected chi connectivity index (χ2v) is 18.2. The SMILES string of the molecule is CCCCC(CCCC)(CN1C(=O)c2ccc3c4ccc5c6c(ccc(c7ccc(c2c37)C1=O)c64)C(=O)N(CC(CCCC)(CCCC)c1ccccc1)C5=O)c1ccccc1. The standard InChI is InChI=1S/C56H58N2O4/c1-5-9-31-55(32-10-6-2,37-19-15-13-16-20-37)35-57-51(59)43-27-23-39-41-25-29-45-50-46(30-26-42(48(41)50)40-24-28-44(52(57)60)49(43)47(39)40)54(62)58(53(45)61)36-56(33-11-7-3,34-12-8-4)38-21-17-14-18-22-38/h13-30H,5-12,31-36H2,1-4H3. The lowest BCUT2D eigenvalue weighted by Crippen LogP contribution is -2.49. The van der Waals surface area contributed by atoms with E-state index < -0.39 is 0 Å². The summed E-state index contributed by atoms with van der Waals surface area (Å²) in [6.45, 7) is 9.43. The minimum Gasteiger partial charge on any atom is -0.273 e. The number of benzene rings is 7. The molecule has 0 aliphatic carbocycles. The van der Waals surface area contributed by atoms with Crippen LogP contribution in [-0.4, -0.2) is 46.5 Å². The molecule has 2 heterocycles. The van der Waals surface area contributed by atoms with Gasteiger partial charge >= 0.3 is 0 Å². The lowest BCUT2D eigenvalue weighted by Gasteiger charge is -2.40. The highest BCUT2D eigenvalue weighted by Gasteiger charge is 2.43. The van der Waals surface area contributed by atoms with Crippen LogP contribution >= 0.6 is 0 Å². The Bertz CT molecular complexity index is 2510. The Morgan fingerprint density at radius 1 is 0.355 bits per heavy atom. The quantitative estimate of drug-likeness (QED) is 0.0491. The second kappa shape index (κ2) is 16.8. The molecule has 0 saturated heterocycles. The van der Waals surface area contributed by atoms with Gasteiger partial charge in [0.15, 0.2) is 0 Å². The number of rotatable bonds is 18. The minimum atomic E-state index is -0.353. The molecule has 6 heteroatoms. The van der Waals surface area contributed by atoms with Crippen LogP contribution in [0.1, 0.15) is 157 Å². The Labute approximate surface area is 365 Å². The van der Waals surface area contributed by atoms with Gasteiger partial charge in [0.2, 0.25) is 0 Å². The third kappa shape index (κ3) is 6.60. The number of fused-ring (bicyclic) bond motifs is 2. The number of hydrogen-bond donors (Lipinski definition) is 0. The highest BCUT2D eigenvalue weighted by molar-refractivity contribution is 6.41. The van der Waals surface area contributed by atoms with Crippen LogP contribution in [0.25, 0.3) is 43.1 Å². The summed E-state index contributed by atoms with van der Waals surface area (Å²) >= 11 is 0. The lowest BCUT2D eigenvalue weighted by atomic mass is 9.71. The number of unbranched alkanes of at least 4 members (excludes halogenated alkanes) is 4. The number of hydrogen-bond acceptors (Lipinski definition) is 4. The molecule has 316 valence electrons. The molecular weight excluding hydrogens is 765 g/mol.